The lowest BCUT2D eigenvalue weighted by atomic mass is 9.90. The largest absolute Gasteiger partial charge is 0.493 e. The monoisotopic (exact) mass is 379 g/mol. The molecular weight excluding hydrogens is 350 g/mol. The van der Waals surface area contributed by atoms with E-state index in [1.807, 2.05) is 12.1 Å². The van der Waals surface area contributed by atoms with E-state index in [9.17, 15) is 0 Å². The molecule has 0 spiro atoms. The number of piperidine rings is 1. The van der Waals surface area contributed by atoms with Gasteiger partial charge >= 0.3 is 0 Å². The van der Waals surface area contributed by atoms with Gasteiger partial charge in [-0.2, -0.15) is 0 Å². The van der Waals surface area contributed by atoms with Crippen molar-refractivity contribution in [3.05, 3.63) is 42.0 Å². The van der Waals surface area contributed by atoms with Crippen molar-refractivity contribution in [2.45, 2.75) is 38.6 Å². The lowest BCUT2D eigenvalue weighted by Gasteiger charge is -2.23. The Hall–Kier alpha value is -2.53. The van der Waals surface area contributed by atoms with Crippen LogP contribution in [0.1, 0.15) is 44.2 Å². The van der Waals surface area contributed by atoms with Crippen molar-refractivity contribution in [3.63, 3.8) is 0 Å². The number of nitrogens with zero attached hydrogens (tertiary/aromatic N) is 2. The minimum atomic E-state index is 0.302. The normalized spacial score (nSPS) is 15.3. The van der Waals surface area contributed by atoms with Gasteiger partial charge in [0.25, 0.3) is 0 Å². The third kappa shape index (κ3) is 3.35. The quantitative estimate of drug-likeness (QED) is 0.694. The maximum Gasteiger partial charge on any atom is 0.161 e. The van der Waals surface area contributed by atoms with E-state index in [0.717, 1.165) is 41.5 Å². The van der Waals surface area contributed by atoms with Crippen molar-refractivity contribution in [3.8, 4) is 22.9 Å². The molecule has 1 aliphatic heterocycles. The first-order chi connectivity index (χ1) is 13.6. The molecule has 2 heterocycles. The zero-order chi connectivity index (χ0) is 19.7. The summed E-state index contributed by atoms with van der Waals surface area (Å²) in [5.74, 6) is 3.04. The predicted octanol–water partition coefficient (Wildman–Crippen LogP) is 4.77. The van der Waals surface area contributed by atoms with Crippen molar-refractivity contribution in [1.82, 2.24) is 14.9 Å². The minimum Gasteiger partial charge on any atom is -0.493 e. The lowest BCUT2D eigenvalue weighted by molar-refractivity contribution is 0.355. The third-order valence-electron chi connectivity index (χ3n) is 5.68. The van der Waals surface area contributed by atoms with Crippen molar-refractivity contribution in [2.24, 2.45) is 0 Å². The summed E-state index contributed by atoms with van der Waals surface area (Å²) in [6.07, 6.45) is 2.40. The predicted molar refractivity (Wildman–Crippen MR) is 114 cm³/mol. The number of hydrogen-bond acceptors (Lipinski definition) is 4. The average molecular weight is 380 g/mol. The second-order valence-corrected chi connectivity index (χ2v) is 7.74. The number of ether oxygens (including phenoxy) is 2. The second-order valence-electron chi connectivity index (χ2n) is 7.74. The molecule has 4 rings (SSSR count). The summed E-state index contributed by atoms with van der Waals surface area (Å²) in [5, 5.41) is 3.46. The van der Waals surface area contributed by atoms with Crippen LogP contribution in [-0.2, 0) is 0 Å². The van der Waals surface area contributed by atoms with E-state index in [1.54, 1.807) is 14.2 Å². The highest BCUT2D eigenvalue weighted by atomic mass is 16.5. The highest BCUT2D eigenvalue weighted by Gasteiger charge is 2.20. The Balaban J connectivity index is 1.83. The topological polar surface area (TPSA) is 48.3 Å². The molecule has 0 unspecified atom stereocenters. The first-order valence-corrected chi connectivity index (χ1v) is 10.1. The highest BCUT2D eigenvalue weighted by molar-refractivity contribution is 5.82. The average Bonchev–Trinajstić information content (AvgIpc) is 3.12. The molecule has 0 bridgehead atoms. The molecule has 5 nitrogen and oxygen atoms in total. The first-order valence-electron chi connectivity index (χ1n) is 10.1. The van der Waals surface area contributed by atoms with E-state index < -0.39 is 0 Å². The van der Waals surface area contributed by atoms with Gasteiger partial charge in [0.15, 0.2) is 11.5 Å². The summed E-state index contributed by atoms with van der Waals surface area (Å²) < 4.78 is 13.2. The molecule has 3 aromatic rings. The summed E-state index contributed by atoms with van der Waals surface area (Å²) in [6, 6.07) is 13.1. The molecule has 0 radical (unpaired) electrons. The molecule has 148 valence electrons. The van der Waals surface area contributed by atoms with Gasteiger partial charge in [-0.25, -0.2) is 4.98 Å². The standard InChI is InChI=1S/C23H29N3O2/c1-15(2)26-20-13-17(16-9-11-24-12-10-16)5-7-19(20)25-23(26)18-6-8-21(27-3)22(14-18)28-4/h5-8,13-16,24H,9-12H2,1-4H3. The van der Waals surface area contributed by atoms with Gasteiger partial charge in [0.2, 0.25) is 0 Å². The number of methoxy groups -OCH3 is 2. The van der Waals surface area contributed by atoms with Crippen LogP contribution in [0.15, 0.2) is 36.4 Å². The molecule has 1 aliphatic rings. The number of benzene rings is 2. The zero-order valence-corrected chi connectivity index (χ0v) is 17.2. The molecule has 0 atom stereocenters. The Morgan fingerprint density at radius 3 is 2.43 bits per heavy atom. The van der Waals surface area contributed by atoms with Gasteiger partial charge in [0.05, 0.1) is 25.3 Å². The SMILES string of the molecule is COc1ccc(-c2nc3ccc(C4CCNCC4)cc3n2C(C)C)cc1OC. The number of hydrogen-bond donors (Lipinski definition) is 1. The van der Waals surface area contributed by atoms with E-state index in [2.05, 4.69) is 48.0 Å². The smallest absolute Gasteiger partial charge is 0.161 e. The molecule has 0 aliphatic carbocycles. The molecule has 2 aromatic carbocycles. The van der Waals surface area contributed by atoms with Crippen molar-refractivity contribution in [1.29, 1.82) is 0 Å². The van der Waals surface area contributed by atoms with Gasteiger partial charge in [0.1, 0.15) is 5.82 Å². The number of nitrogens with one attached hydrogen (secondary N) is 1. The third-order valence-corrected chi connectivity index (χ3v) is 5.68. The van der Waals surface area contributed by atoms with Crippen LogP contribution in [0.5, 0.6) is 11.5 Å². The van der Waals surface area contributed by atoms with E-state index in [-0.39, 0.29) is 0 Å². The summed E-state index contributed by atoms with van der Waals surface area (Å²) in [4.78, 5) is 4.98. The van der Waals surface area contributed by atoms with Crippen LogP contribution in [0.3, 0.4) is 0 Å². The van der Waals surface area contributed by atoms with Gasteiger partial charge < -0.3 is 19.4 Å². The van der Waals surface area contributed by atoms with Crippen molar-refractivity contribution >= 4 is 11.0 Å². The molecule has 5 heteroatoms. The molecule has 0 amide bonds. The van der Waals surface area contributed by atoms with Crippen LogP contribution < -0.4 is 14.8 Å². The summed E-state index contributed by atoms with van der Waals surface area (Å²) in [6.45, 7) is 6.62. The minimum absolute atomic E-state index is 0.302. The molecule has 0 saturated carbocycles. The molecule has 1 fully saturated rings. The Labute approximate surface area is 166 Å². The van der Waals surface area contributed by atoms with E-state index in [4.69, 9.17) is 14.5 Å². The molecule has 28 heavy (non-hydrogen) atoms. The van der Waals surface area contributed by atoms with Gasteiger partial charge in [-0.1, -0.05) is 6.07 Å². The van der Waals surface area contributed by atoms with Gasteiger partial charge in [-0.15, -0.1) is 0 Å². The molecular formula is C23H29N3O2. The van der Waals surface area contributed by atoms with Gasteiger partial charge in [-0.05, 0) is 81.6 Å². The lowest BCUT2D eigenvalue weighted by Crippen LogP contribution is -2.26. The van der Waals surface area contributed by atoms with Crippen LogP contribution in [0, 0.1) is 0 Å². The fourth-order valence-electron chi connectivity index (χ4n) is 4.22. The highest BCUT2D eigenvalue weighted by Crippen LogP contribution is 2.36. The zero-order valence-electron chi connectivity index (χ0n) is 17.2. The van der Waals surface area contributed by atoms with Crippen molar-refractivity contribution < 1.29 is 9.47 Å². The maximum atomic E-state index is 5.50. The fraction of sp³-hybridized carbons (Fsp3) is 0.435. The van der Waals surface area contributed by atoms with Crippen LogP contribution in [0.4, 0.5) is 0 Å². The maximum absolute atomic E-state index is 5.50. The van der Waals surface area contributed by atoms with E-state index in [1.165, 1.54) is 23.9 Å². The van der Waals surface area contributed by atoms with Gasteiger partial charge in [0, 0.05) is 11.6 Å². The first kappa shape index (κ1) is 18.8. The molecule has 1 N–H and O–H groups in total. The molecule has 1 aromatic heterocycles. The Morgan fingerprint density at radius 1 is 1.00 bits per heavy atom. The van der Waals surface area contributed by atoms with Crippen LogP contribution >= 0.6 is 0 Å². The Kier molecular flexibility index (Phi) is 5.27. The number of aromatic nitrogens is 2. The fourth-order valence-corrected chi connectivity index (χ4v) is 4.22. The van der Waals surface area contributed by atoms with Gasteiger partial charge in [-0.3, -0.25) is 0 Å². The Bertz CT molecular complexity index is 971. The molecule has 1 saturated heterocycles. The number of fused-ring (bicyclic) bond motifs is 1. The van der Waals surface area contributed by atoms with Crippen LogP contribution in [-0.4, -0.2) is 36.9 Å². The van der Waals surface area contributed by atoms with E-state index >= 15 is 0 Å². The van der Waals surface area contributed by atoms with Crippen LogP contribution in [0.2, 0.25) is 0 Å². The van der Waals surface area contributed by atoms with Crippen LogP contribution in [0.25, 0.3) is 22.4 Å². The Morgan fingerprint density at radius 2 is 1.75 bits per heavy atom. The second kappa shape index (κ2) is 7.84. The summed E-state index contributed by atoms with van der Waals surface area (Å²) >= 11 is 0. The number of imidazole rings is 1. The number of rotatable bonds is 5. The summed E-state index contributed by atoms with van der Waals surface area (Å²) in [7, 11) is 3.32. The summed E-state index contributed by atoms with van der Waals surface area (Å²) in [5.41, 5.74) is 4.70. The van der Waals surface area contributed by atoms with Crippen molar-refractivity contribution in [2.75, 3.05) is 27.3 Å². The van der Waals surface area contributed by atoms with E-state index in [0.29, 0.717) is 12.0 Å².